The topological polar surface area (TPSA) is 104 Å². The fraction of sp³-hybridized carbons (Fsp3) is 0.684. The molecule has 5 aliphatic rings. The van der Waals surface area contributed by atoms with Gasteiger partial charge in [-0.25, -0.2) is 9.45 Å². The summed E-state index contributed by atoms with van der Waals surface area (Å²) >= 11 is 6.90. The molecule has 3 atom stereocenters. The highest BCUT2D eigenvalue weighted by atomic mass is 35.5. The molecule has 2 N–H and O–H groups in total. The summed E-state index contributed by atoms with van der Waals surface area (Å²) in [5, 5.41) is 0. The highest BCUT2D eigenvalue weighted by Crippen LogP contribution is 2.71. The van der Waals surface area contributed by atoms with Crippen LogP contribution in [0.4, 0.5) is 0 Å². The summed E-state index contributed by atoms with van der Waals surface area (Å²) in [4.78, 5) is 29.9. The van der Waals surface area contributed by atoms with Gasteiger partial charge in [-0.2, -0.15) is 4.89 Å². The zero-order valence-electron chi connectivity index (χ0n) is 16.2. The number of rotatable bonds is 5. The molecule has 29 heavy (non-hydrogen) atoms. The molecule has 8 nitrogen and oxygen atoms in total. The predicted molar refractivity (Wildman–Crippen MR) is 101 cm³/mol. The van der Waals surface area contributed by atoms with Crippen molar-refractivity contribution in [1.82, 2.24) is 0 Å². The highest BCUT2D eigenvalue weighted by molar-refractivity contribution is 7.46. The van der Waals surface area contributed by atoms with Gasteiger partial charge in [-0.05, 0) is 68.1 Å². The van der Waals surface area contributed by atoms with Gasteiger partial charge < -0.3 is 14.0 Å². The van der Waals surface area contributed by atoms with Crippen LogP contribution in [0.3, 0.4) is 0 Å². The van der Waals surface area contributed by atoms with Crippen molar-refractivity contribution in [1.29, 1.82) is 0 Å². The first-order valence-electron chi connectivity index (χ1n) is 9.69. The van der Waals surface area contributed by atoms with Crippen LogP contribution in [0.1, 0.15) is 37.7 Å². The van der Waals surface area contributed by atoms with Crippen molar-refractivity contribution < 1.29 is 38.1 Å². The van der Waals surface area contributed by atoms with Gasteiger partial charge in [0.2, 0.25) is 0 Å². The second-order valence-electron chi connectivity index (χ2n) is 8.72. The van der Waals surface area contributed by atoms with Crippen LogP contribution in [0, 0.1) is 17.8 Å². The smallest absolute Gasteiger partial charge is 0.493 e. The first kappa shape index (κ1) is 20.1. The molecule has 1 spiro atoms. The van der Waals surface area contributed by atoms with Crippen molar-refractivity contribution in [3.63, 3.8) is 0 Å². The molecule has 1 heterocycles. The van der Waals surface area contributed by atoms with Crippen LogP contribution in [0.5, 0.6) is 11.5 Å². The maximum atomic E-state index is 11.4. The Labute approximate surface area is 173 Å². The van der Waals surface area contributed by atoms with E-state index in [1.54, 1.807) is 19.2 Å². The number of methoxy groups -OCH3 is 2. The van der Waals surface area contributed by atoms with E-state index in [0.29, 0.717) is 11.5 Å². The standard InChI is InChI=1S/C19H24ClO8P/c1-24-15-4-3-12(7-16(15)26-29(21,22)23)19(25-2)18(27-28-19)13-5-11-6-14(18)10-17(20,8-11)9-13/h3-4,7,11,13-14H,5-6,8-10H2,1-2H3,(H2,21,22,23). The van der Waals surface area contributed by atoms with Crippen molar-refractivity contribution in [3.05, 3.63) is 23.8 Å². The van der Waals surface area contributed by atoms with Crippen molar-refractivity contribution in [3.8, 4) is 11.5 Å². The molecule has 160 valence electrons. The molecule has 0 amide bonds. The average Bonchev–Trinajstić information content (AvgIpc) is 2.59. The summed E-state index contributed by atoms with van der Waals surface area (Å²) in [6.07, 6.45) is 4.71. The molecular formula is C19H24ClO8P. The minimum absolute atomic E-state index is 0.0851. The Kier molecular flexibility index (Phi) is 4.38. The summed E-state index contributed by atoms with van der Waals surface area (Å²) in [6, 6.07) is 4.82. The van der Waals surface area contributed by atoms with Crippen molar-refractivity contribution in [2.45, 2.75) is 48.4 Å². The third kappa shape index (κ3) is 2.74. The number of hydrogen-bond donors (Lipinski definition) is 2. The van der Waals surface area contributed by atoms with Crippen molar-refractivity contribution in [2.75, 3.05) is 14.2 Å². The van der Waals surface area contributed by atoms with Gasteiger partial charge in [-0.15, -0.1) is 11.6 Å². The van der Waals surface area contributed by atoms with E-state index in [1.807, 2.05) is 0 Å². The maximum Gasteiger partial charge on any atom is 0.524 e. The lowest BCUT2D eigenvalue weighted by molar-refractivity contribution is -0.645. The number of hydrogen-bond acceptors (Lipinski definition) is 6. The second kappa shape index (κ2) is 6.33. The van der Waals surface area contributed by atoms with Crippen LogP contribution < -0.4 is 9.26 Å². The Balaban J connectivity index is 1.58. The van der Waals surface area contributed by atoms with E-state index in [0.717, 1.165) is 32.1 Å². The van der Waals surface area contributed by atoms with Crippen molar-refractivity contribution >= 4 is 19.4 Å². The van der Waals surface area contributed by atoms with Gasteiger partial charge >= 0.3 is 7.82 Å². The largest absolute Gasteiger partial charge is 0.524 e. The Morgan fingerprint density at radius 2 is 1.79 bits per heavy atom. The molecular weight excluding hydrogens is 423 g/mol. The average molecular weight is 447 g/mol. The number of ether oxygens (including phenoxy) is 2. The van der Waals surface area contributed by atoms with E-state index in [-0.39, 0.29) is 28.2 Å². The molecule has 3 unspecified atom stereocenters. The van der Waals surface area contributed by atoms with Crippen LogP contribution in [-0.4, -0.2) is 34.5 Å². The number of phosphoric ester groups is 1. The zero-order chi connectivity index (χ0) is 20.7. The molecule has 4 bridgehead atoms. The van der Waals surface area contributed by atoms with Gasteiger partial charge in [0.15, 0.2) is 17.1 Å². The zero-order valence-corrected chi connectivity index (χ0v) is 17.8. The van der Waals surface area contributed by atoms with Gasteiger partial charge in [0.1, 0.15) is 0 Å². The fourth-order valence-electron chi connectivity index (χ4n) is 6.42. The number of phosphoric acid groups is 1. The predicted octanol–water partition coefficient (Wildman–Crippen LogP) is 3.48. The number of alkyl halides is 1. The van der Waals surface area contributed by atoms with Gasteiger partial charge in [0.25, 0.3) is 5.79 Å². The van der Waals surface area contributed by atoms with E-state index in [9.17, 15) is 14.4 Å². The summed E-state index contributed by atoms with van der Waals surface area (Å²) < 4.78 is 27.4. The first-order chi connectivity index (χ1) is 13.6. The molecule has 4 saturated carbocycles. The molecule has 5 fully saturated rings. The Hall–Kier alpha value is -0.860. The first-order valence-corrected chi connectivity index (χ1v) is 11.6. The van der Waals surface area contributed by atoms with Crippen LogP contribution in [0.25, 0.3) is 0 Å². The SMILES string of the molecule is COc1ccc(C2(OC)OOC23C2CC4CC3CC(Cl)(C4)C2)cc1OP(=O)(O)O. The fourth-order valence-corrected chi connectivity index (χ4v) is 7.41. The van der Waals surface area contributed by atoms with Crippen LogP contribution >= 0.6 is 19.4 Å². The minimum Gasteiger partial charge on any atom is -0.493 e. The minimum atomic E-state index is -4.78. The summed E-state index contributed by atoms with van der Waals surface area (Å²) in [5.41, 5.74) is -0.128. The van der Waals surface area contributed by atoms with E-state index in [1.165, 1.54) is 13.2 Å². The lowest BCUT2D eigenvalue weighted by Gasteiger charge is -2.70. The molecule has 0 aromatic heterocycles. The lowest BCUT2D eigenvalue weighted by atomic mass is 9.46. The van der Waals surface area contributed by atoms with Gasteiger partial charge in [0, 0.05) is 17.5 Å². The molecule has 1 aliphatic heterocycles. The monoisotopic (exact) mass is 446 g/mol. The molecule has 6 rings (SSSR count). The Morgan fingerprint density at radius 3 is 2.28 bits per heavy atom. The molecule has 1 aromatic carbocycles. The van der Waals surface area contributed by atoms with Crippen LogP contribution in [0.15, 0.2) is 18.2 Å². The Bertz CT molecular complexity index is 867. The van der Waals surface area contributed by atoms with Gasteiger partial charge in [0.05, 0.1) is 7.11 Å². The Morgan fingerprint density at radius 1 is 1.10 bits per heavy atom. The third-order valence-corrected chi connectivity index (χ3v) is 8.08. The molecule has 1 saturated heterocycles. The number of benzene rings is 1. The number of halogens is 1. The molecule has 1 aromatic rings. The second-order valence-corrected chi connectivity index (χ2v) is 10.7. The molecule has 4 aliphatic carbocycles. The third-order valence-electron chi connectivity index (χ3n) is 7.19. The summed E-state index contributed by atoms with van der Waals surface area (Å²) in [7, 11) is -1.83. The van der Waals surface area contributed by atoms with Crippen LogP contribution in [0.2, 0.25) is 0 Å². The van der Waals surface area contributed by atoms with Crippen molar-refractivity contribution in [2.24, 2.45) is 17.8 Å². The van der Waals surface area contributed by atoms with Gasteiger partial charge in [-0.1, -0.05) is 0 Å². The molecule has 10 heteroatoms. The quantitative estimate of drug-likeness (QED) is 0.402. The maximum absolute atomic E-state index is 11.4. The highest BCUT2D eigenvalue weighted by Gasteiger charge is 2.78. The van der Waals surface area contributed by atoms with Gasteiger partial charge in [-0.3, -0.25) is 9.79 Å². The van der Waals surface area contributed by atoms with E-state index in [2.05, 4.69) is 0 Å². The van der Waals surface area contributed by atoms with E-state index in [4.69, 9.17) is 35.4 Å². The summed E-state index contributed by atoms with van der Waals surface area (Å²) in [6.45, 7) is 0. The lowest BCUT2D eigenvalue weighted by Crippen LogP contribution is -2.78. The normalized spacial score (nSPS) is 42.7. The summed E-state index contributed by atoms with van der Waals surface area (Å²) in [5.74, 6) is -0.164. The molecule has 0 radical (unpaired) electrons. The van der Waals surface area contributed by atoms with E-state index >= 15 is 0 Å². The van der Waals surface area contributed by atoms with E-state index < -0.39 is 19.2 Å². The van der Waals surface area contributed by atoms with Crippen LogP contribution in [-0.2, 0) is 24.9 Å².